The molecular weight excluding hydrogens is 434 g/mol. The highest BCUT2D eigenvalue weighted by molar-refractivity contribution is 5.95. The van der Waals surface area contributed by atoms with Gasteiger partial charge in [0.2, 0.25) is 0 Å². The van der Waals surface area contributed by atoms with E-state index in [0.717, 1.165) is 51.4 Å². The average Bonchev–Trinajstić information content (AvgIpc) is 2.80. The summed E-state index contributed by atoms with van der Waals surface area (Å²) < 4.78 is 0. The van der Waals surface area contributed by atoms with Gasteiger partial charge in [-0.25, -0.2) is 0 Å². The molecule has 0 bridgehead atoms. The molecule has 0 radical (unpaired) electrons. The SMILES string of the molecule is C[C@@H]1C(O)=C(C#N)C[C@]2(C)C3=CC(=O)C4CCC(C)(C)CC[C@](C)(CO)CC[C@@]4(C)[C@]3(C)CC[C@@H]12. The molecule has 0 amide bonds. The first-order valence-electron chi connectivity index (χ1n) is 13.9. The molecule has 0 heterocycles. The summed E-state index contributed by atoms with van der Waals surface area (Å²) in [6, 6.07) is 2.28. The van der Waals surface area contributed by atoms with Crippen molar-refractivity contribution in [3.63, 3.8) is 0 Å². The van der Waals surface area contributed by atoms with Crippen molar-refractivity contribution >= 4 is 5.78 Å². The Kier molecular flexibility index (Phi) is 6.41. The third-order valence-corrected chi connectivity index (χ3v) is 11.8. The summed E-state index contributed by atoms with van der Waals surface area (Å²) >= 11 is 0. The molecule has 4 heteroatoms. The number of rotatable bonds is 1. The second-order valence-electron chi connectivity index (χ2n) is 14.4. The number of nitrogens with zero attached hydrogens (tertiary/aromatic N) is 1. The molecule has 35 heavy (non-hydrogen) atoms. The second kappa shape index (κ2) is 8.47. The van der Waals surface area contributed by atoms with Crippen molar-refractivity contribution < 1.29 is 15.0 Å². The van der Waals surface area contributed by atoms with Crippen LogP contribution in [-0.4, -0.2) is 22.6 Å². The van der Waals surface area contributed by atoms with Gasteiger partial charge in [0.15, 0.2) is 5.78 Å². The fraction of sp³-hybridized carbons (Fsp3) is 0.806. The predicted molar refractivity (Wildman–Crippen MR) is 139 cm³/mol. The molecule has 4 aliphatic carbocycles. The molecule has 4 nitrogen and oxygen atoms in total. The lowest BCUT2D eigenvalue weighted by molar-refractivity contribution is -0.136. The van der Waals surface area contributed by atoms with Crippen LogP contribution in [0.15, 0.2) is 23.0 Å². The van der Waals surface area contributed by atoms with Gasteiger partial charge >= 0.3 is 0 Å². The molecule has 194 valence electrons. The molecule has 2 fully saturated rings. The fourth-order valence-electron chi connectivity index (χ4n) is 8.69. The Morgan fingerprint density at radius 2 is 1.66 bits per heavy atom. The highest BCUT2D eigenvalue weighted by Gasteiger charge is 2.64. The third-order valence-electron chi connectivity index (χ3n) is 11.8. The lowest BCUT2D eigenvalue weighted by atomic mass is 9.39. The lowest BCUT2D eigenvalue weighted by Crippen LogP contribution is -2.58. The molecule has 0 aromatic rings. The van der Waals surface area contributed by atoms with Crippen molar-refractivity contribution in [1.29, 1.82) is 5.26 Å². The van der Waals surface area contributed by atoms with Gasteiger partial charge in [-0.2, -0.15) is 5.26 Å². The Bertz CT molecular complexity index is 1000. The molecule has 2 N–H and O–H groups in total. The second-order valence-corrected chi connectivity index (χ2v) is 14.4. The average molecular weight is 482 g/mol. The maximum absolute atomic E-state index is 14.0. The van der Waals surface area contributed by atoms with Gasteiger partial charge in [0.1, 0.15) is 5.76 Å². The van der Waals surface area contributed by atoms with E-state index in [1.54, 1.807) is 0 Å². The summed E-state index contributed by atoms with van der Waals surface area (Å²) in [5.74, 6) is 0.654. The summed E-state index contributed by atoms with van der Waals surface area (Å²) in [5, 5.41) is 31.0. The summed E-state index contributed by atoms with van der Waals surface area (Å²) in [7, 11) is 0. The van der Waals surface area contributed by atoms with E-state index in [2.05, 4.69) is 47.6 Å². The molecular formula is C31H47NO3. The molecule has 0 saturated heterocycles. The van der Waals surface area contributed by atoms with Gasteiger partial charge in [-0.15, -0.1) is 0 Å². The van der Waals surface area contributed by atoms with Crippen LogP contribution in [0, 0.1) is 56.2 Å². The minimum atomic E-state index is -0.303. The molecule has 1 unspecified atom stereocenters. The summed E-state index contributed by atoms with van der Waals surface area (Å²) in [6.45, 7) is 16.1. The standard InChI is InChI=1S/C31H47NO3/c1-20-22-9-11-31(7)25(29(22,5)17-21(18-32)26(20)35)16-24(34)23-8-10-27(2,3)12-13-28(4,19-33)14-15-30(23,31)6/h16,20,22-23,33,35H,8-15,17,19H2,1-7H3/t20-,22-,23?,28-,29-,30+,31+/m0/s1. The van der Waals surface area contributed by atoms with Gasteiger partial charge in [0.25, 0.3) is 0 Å². The van der Waals surface area contributed by atoms with Crippen molar-refractivity contribution in [2.75, 3.05) is 6.61 Å². The number of hydrogen-bond donors (Lipinski definition) is 2. The van der Waals surface area contributed by atoms with Crippen LogP contribution in [0.2, 0.25) is 0 Å². The van der Waals surface area contributed by atoms with Crippen molar-refractivity contribution in [3.8, 4) is 6.07 Å². The number of nitriles is 1. The quantitative estimate of drug-likeness (QED) is 0.412. The summed E-state index contributed by atoms with van der Waals surface area (Å²) in [4.78, 5) is 14.0. The molecule has 0 aromatic carbocycles. The number of aliphatic hydroxyl groups is 2. The number of carbonyl (C=O) groups is 1. The van der Waals surface area contributed by atoms with E-state index in [1.165, 1.54) is 5.57 Å². The Labute approximate surface area is 212 Å². The summed E-state index contributed by atoms with van der Waals surface area (Å²) in [6.07, 6.45) is 10.4. The first-order chi connectivity index (χ1) is 16.2. The minimum absolute atomic E-state index is 0.0166. The van der Waals surface area contributed by atoms with Crippen LogP contribution >= 0.6 is 0 Å². The first kappa shape index (κ1) is 26.5. The van der Waals surface area contributed by atoms with Gasteiger partial charge in [0, 0.05) is 18.4 Å². The predicted octanol–water partition coefficient (Wildman–Crippen LogP) is 7.30. The maximum Gasteiger partial charge on any atom is 0.159 e. The number of allylic oxidation sites excluding steroid dienone is 4. The molecule has 7 atom stereocenters. The van der Waals surface area contributed by atoms with Crippen molar-refractivity contribution in [3.05, 3.63) is 23.0 Å². The molecule has 0 aliphatic heterocycles. The van der Waals surface area contributed by atoms with E-state index in [1.807, 2.05) is 13.0 Å². The van der Waals surface area contributed by atoms with Gasteiger partial charge in [-0.3, -0.25) is 4.79 Å². The highest BCUT2D eigenvalue weighted by Crippen LogP contribution is 2.70. The zero-order valence-electron chi connectivity index (χ0n) is 23.1. The van der Waals surface area contributed by atoms with Crippen molar-refractivity contribution in [2.24, 2.45) is 44.8 Å². The minimum Gasteiger partial charge on any atom is -0.511 e. The number of aliphatic hydroxyl groups excluding tert-OH is 2. The number of hydrogen-bond acceptors (Lipinski definition) is 4. The monoisotopic (exact) mass is 481 g/mol. The fourth-order valence-corrected chi connectivity index (χ4v) is 8.69. The van der Waals surface area contributed by atoms with E-state index >= 15 is 0 Å². The van der Waals surface area contributed by atoms with Crippen LogP contribution in [-0.2, 0) is 4.79 Å². The molecule has 0 aromatic heterocycles. The summed E-state index contributed by atoms with van der Waals surface area (Å²) in [5.41, 5.74) is 1.07. The lowest BCUT2D eigenvalue weighted by Gasteiger charge is -2.64. The Morgan fingerprint density at radius 1 is 1.00 bits per heavy atom. The number of fused-ring (bicyclic) bond motifs is 5. The maximum atomic E-state index is 14.0. The largest absolute Gasteiger partial charge is 0.511 e. The molecule has 4 aliphatic rings. The Hall–Kier alpha value is -1.60. The van der Waals surface area contributed by atoms with E-state index in [4.69, 9.17) is 0 Å². The third kappa shape index (κ3) is 3.92. The Balaban J connectivity index is 1.85. The zero-order valence-corrected chi connectivity index (χ0v) is 23.1. The van der Waals surface area contributed by atoms with Gasteiger partial charge in [0.05, 0.1) is 11.6 Å². The molecule has 0 spiro atoms. The van der Waals surface area contributed by atoms with Crippen LogP contribution in [0.5, 0.6) is 0 Å². The van der Waals surface area contributed by atoms with Gasteiger partial charge in [-0.05, 0) is 96.9 Å². The van der Waals surface area contributed by atoms with Crippen LogP contribution in [0.3, 0.4) is 0 Å². The van der Waals surface area contributed by atoms with E-state index in [0.29, 0.717) is 12.0 Å². The van der Waals surface area contributed by atoms with Crippen molar-refractivity contribution in [2.45, 2.75) is 106 Å². The number of ketones is 1. The van der Waals surface area contributed by atoms with Gasteiger partial charge in [-0.1, -0.05) is 54.0 Å². The topological polar surface area (TPSA) is 81.3 Å². The molecule has 4 rings (SSSR count). The molecule has 2 saturated carbocycles. The van der Waals surface area contributed by atoms with Crippen LogP contribution in [0.4, 0.5) is 0 Å². The van der Waals surface area contributed by atoms with Gasteiger partial charge < -0.3 is 10.2 Å². The van der Waals surface area contributed by atoms with E-state index in [9.17, 15) is 20.3 Å². The van der Waals surface area contributed by atoms with Crippen molar-refractivity contribution in [1.82, 2.24) is 0 Å². The van der Waals surface area contributed by atoms with E-state index in [-0.39, 0.29) is 63.0 Å². The van der Waals surface area contributed by atoms with Crippen LogP contribution in [0.25, 0.3) is 0 Å². The Morgan fingerprint density at radius 3 is 2.29 bits per heavy atom. The highest BCUT2D eigenvalue weighted by atomic mass is 16.3. The first-order valence-corrected chi connectivity index (χ1v) is 13.9. The van der Waals surface area contributed by atoms with Crippen LogP contribution < -0.4 is 0 Å². The smallest absolute Gasteiger partial charge is 0.159 e. The van der Waals surface area contributed by atoms with Crippen LogP contribution in [0.1, 0.15) is 106 Å². The normalized spacial score (nSPS) is 46.0. The zero-order chi connectivity index (χ0) is 26.0. The van der Waals surface area contributed by atoms with E-state index < -0.39 is 0 Å². The number of carbonyl (C=O) groups excluding carboxylic acids is 1.